The Morgan fingerprint density at radius 2 is 1.94 bits per heavy atom. The fourth-order valence-electron chi connectivity index (χ4n) is 2.03. The monoisotopic (exact) mass is 219 g/mol. The minimum atomic E-state index is 0.297. The molecule has 1 aliphatic heterocycles. The smallest absolute Gasteiger partial charge is 0.228 e. The molecule has 0 aromatic carbocycles. The third kappa shape index (κ3) is 2.81. The quantitative estimate of drug-likeness (QED) is 0.703. The number of pyridine rings is 1. The molecule has 2 heterocycles. The Kier molecular flexibility index (Phi) is 3.54. The van der Waals surface area contributed by atoms with Crippen LogP contribution in [-0.4, -0.2) is 23.9 Å². The number of aryl methyl sites for hydroxylation is 2. The molecule has 16 heavy (non-hydrogen) atoms. The van der Waals surface area contributed by atoms with E-state index in [1.165, 1.54) is 18.4 Å². The molecule has 86 valence electrons. The van der Waals surface area contributed by atoms with Gasteiger partial charge in [0.15, 0.2) is 18.9 Å². The first kappa shape index (κ1) is 11.1. The number of hydrogen-bond acceptors (Lipinski definition) is 1. The van der Waals surface area contributed by atoms with E-state index >= 15 is 0 Å². The number of hydrogen-bond donors (Lipinski definition) is 0. The van der Waals surface area contributed by atoms with Crippen LogP contribution in [0.1, 0.15) is 24.8 Å². The Morgan fingerprint density at radius 3 is 2.56 bits per heavy atom. The molecular formula is C13H19N2O+. The van der Waals surface area contributed by atoms with Gasteiger partial charge in [-0.15, -0.1) is 0 Å². The molecule has 0 spiro atoms. The second kappa shape index (κ2) is 5.10. The van der Waals surface area contributed by atoms with Gasteiger partial charge in [-0.05, 0) is 25.3 Å². The number of likely N-dealkylation sites (tertiary alicyclic amines) is 1. The van der Waals surface area contributed by atoms with Gasteiger partial charge >= 0.3 is 0 Å². The van der Waals surface area contributed by atoms with E-state index < -0.39 is 0 Å². The van der Waals surface area contributed by atoms with Crippen molar-refractivity contribution in [2.75, 3.05) is 13.1 Å². The van der Waals surface area contributed by atoms with Crippen LogP contribution >= 0.6 is 0 Å². The molecule has 0 saturated carbocycles. The van der Waals surface area contributed by atoms with Gasteiger partial charge in [0.05, 0.1) is 6.42 Å². The Labute approximate surface area is 96.7 Å². The predicted molar refractivity (Wildman–Crippen MR) is 61.8 cm³/mol. The summed E-state index contributed by atoms with van der Waals surface area (Å²) in [5.41, 5.74) is 1.25. The van der Waals surface area contributed by atoms with Crippen LogP contribution in [0, 0.1) is 6.92 Å². The van der Waals surface area contributed by atoms with Crippen LogP contribution in [0.3, 0.4) is 0 Å². The number of amides is 1. The molecule has 3 nitrogen and oxygen atoms in total. The molecule has 3 heteroatoms. The second-order valence-corrected chi connectivity index (χ2v) is 4.45. The number of carbonyl (C=O) groups is 1. The molecule has 1 fully saturated rings. The SMILES string of the molecule is Cc1cc[n+](CCC(=O)N2CCCC2)cc1. The largest absolute Gasteiger partial charge is 0.342 e. The van der Waals surface area contributed by atoms with E-state index in [-0.39, 0.29) is 0 Å². The van der Waals surface area contributed by atoms with Crippen LogP contribution in [0.2, 0.25) is 0 Å². The van der Waals surface area contributed by atoms with Gasteiger partial charge in [0.2, 0.25) is 5.91 Å². The Hall–Kier alpha value is -1.38. The molecule has 1 aliphatic rings. The standard InChI is InChI=1S/C13H19N2O/c1-12-4-9-14(10-5-12)11-6-13(16)15-7-2-3-8-15/h4-5,9-10H,2-3,6-8,11H2,1H3/q+1. The summed E-state index contributed by atoms with van der Waals surface area (Å²) in [6.45, 7) is 4.77. The lowest BCUT2D eigenvalue weighted by Crippen LogP contribution is -2.37. The van der Waals surface area contributed by atoms with Crippen LogP contribution in [0.15, 0.2) is 24.5 Å². The van der Waals surface area contributed by atoms with Crippen molar-refractivity contribution >= 4 is 5.91 Å². The van der Waals surface area contributed by atoms with E-state index in [4.69, 9.17) is 0 Å². The molecule has 0 atom stereocenters. The van der Waals surface area contributed by atoms with Crippen LogP contribution in [0.4, 0.5) is 0 Å². The van der Waals surface area contributed by atoms with E-state index in [1.54, 1.807) is 0 Å². The van der Waals surface area contributed by atoms with Crippen LogP contribution in [0.5, 0.6) is 0 Å². The first-order valence-electron chi connectivity index (χ1n) is 5.99. The van der Waals surface area contributed by atoms with E-state index in [0.29, 0.717) is 12.3 Å². The highest BCUT2D eigenvalue weighted by Gasteiger charge is 2.18. The zero-order valence-corrected chi connectivity index (χ0v) is 9.85. The lowest BCUT2D eigenvalue weighted by Gasteiger charge is -2.13. The Morgan fingerprint density at radius 1 is 1.31 bits per heavy atom. The normalized spacial score (nSPS) is 15.4. The third-order valence-corrected chi connectivity index (χ3v) is 3.10. The minimum Gasteiger partial charge on any atom is -0.342 e. The summed E-state index contributed by atoms with van der Waals surface area (Å²) < 4.78 is 2.07. The van der Waals surface area contributed by atoms with Crippen LogP contribution in [0.25, 0.3) is 0 Å². The molecule has 0 unspecified atom stereocenters. The molecular weight excluding hydrogens is 200 g/mol. The minimum absolute atomic E-state index is 0.297. The van der Waals surface area contributed by atoms with Gasteiger partial charge in [0.1, 0.15) is 0 Å². The van der Waals surface area contributed by atoms with Crippen molar-refractivity contribution in [3.05, 3.63) is 30.1 Å². The molecule has 0 N–H and O–H groups in total. The van der Waals surface area contributed by atoms with Gasteiger partial charge in [0.25, 0.3) is 0 Å². The molecule has 2 rings (SSSR count). The second-order valence-electron chi connectivity index (χ2n) is 4.45. The number of aromatic nitrogens is 1. The van der Waals surface area contributed by atoms with Gasteiger partial charge in [-0.25, -0.2) is 4.57 Å². The van der Waals surface area contributed by atoms with E-state index in [1.807, 2.05) is 17.3 Å². The highest BCUT2D eigenvalue weighted by molar-refractivity contribution is 5.76. The van der Waals surface area contributed by atoms with E-state index in [9.17, 15) is 4.79 Å². The summed E-state index contributed by atoms with van der Waals surface area (Å²) in [6, 6.07) is 4.14. The summed E-state index contributed by atoms with van der Waals surface area (Å²) in [5, 5.41) is 0. The number of nitrogens with zero attached hydrogens (tertiary/aromatic N) is 2. The summed E-state index contributed by atoms with van der Waals surface area (Å²) in [6.07, 6.45) is 7.03. The molecule has 0 bridgehead atoms. The van der Waals surface area contributed by atoms with Crippen molar-refractivity contribution in [2.45, 2.75) is 32.7 Å². The van der Waals surface area contributed by atoms with Crippen LogP contribution in [-0.2, 0) is 11.3 Å². The highest BCUT2D eigenvalue weighted by Crippen LogP contribution is 2.08. The van der Waals surface area contributed by atoms with Crippen molar-refractivity contribution in [3.8, 4) is 0 Å². The Balaban J connectivity index is 1.82. The molecule has 1 saturated heterocycles. The van der Waals surface area contributed by atoms with Crippen molar-refractivity contribution in [1.82, 2.24) is 4.90 Å². The van der Waals surface area contributed by atoms with E-state index in [0.717, 1.165) is 19.6 Å². The maximum absolute atomic E-state index is 11.8. The first-order chi connectivity index (χ1) is 7.75. The lowest BCUT2D eigenvalue weighted by molar-refractivity contribution is -0.696. The highest BCUT2D eigenvalue weighted by atomic mass is 16.2. The lowest BCUT2D eigenvalue weighted by atomic mass is 10.3. The fourth-order valence-corrected chi connectivity index (χ4v) is 2.03. The molecule has 1 aromatic heterocycles. The van der Waals surface area contributed by atoms with Gasteiger partial charge in [-0.1, -0.05) is 0 Å². The zero-order chi connectivity index (χ0) is 11.4. The van der Waals surface area contributed by atoms with Crippen molar-refractivity contribution < 1.29 is 9.36 Å². The number of carbonyl (C=O) groups excluding carboxylic acids is 1. The van der Waals surface area contributed by atoms with Crippen LogP contribution < -0.4 is 4.57 Å². The maximum atomic E-state index is 11.8. The van der Waals surface area contributed by atoms with Crippen molar-refractivity contribution in [1.29, 1.82) is 0 Å². The summed E-state index contributed by atoms with van der Waals surface area (Å²) in [4.78, 5) is 13.8. The maximum Gasteiger partial charge on any atom is 0.228 e. The molecule has 0 aliphatic carbocycles. The Bertz CT molecular complexity index is 353. The molecule has 1 aromatic rings. The van der Waals surface area contributed by atoms with Gasteiger partial charge in [0, 0.05) is 25.2 Å². The summed E-state index contributed by atoms with van der Waals surface area (Å²) in [7, 11) is 0. The van der Waals surface area contributed by atoms with E-state index in [2.05, 4.69) is 23.6 Å². The van der Waals surface area contributed by atoms with Gasteiger partial charge in [-0.3, -0.25) is 4.79 Å². The van der Waals surface area contributed by atoms with Crippen molar-refractivity contribution in [3.63, 3.8) is 0 Å². The van der Waals surface area contributed by atoms with Gasteiger partial charge < -0.3 is 4.90 Å². The average Bonchev–Trinajstić information content (AvgIpc) is 2.81. The van der Waals surface area contributed by atoms with Crippen molar-refractivity contribution in [2.24, 2.45) is 0 Å². The first-order valence-corrected chi connectivity index (χ1v) is 5.99. The fraction of sp³-hybridized carbons (Fsp3) is 0.538. The zero-order valence-electron chi connectivity index (χ0n) is 9.85. The average molecular weight is 219 g/mol. The molecule has 1 amide bonds. The summed E-state index contributed by atoms with van der Waals surface area (Å²) >= 11 is 0. The van der Waals surface area contributed by atoms with Gasteiger partial charge in [-0.2, -0.15) is 0 Å². The number of rotatable bonds is 3. The summed E-state index contributed by atoms with van der Waals surface area (Å²) in [5.74, 6) is 0.297. The topological polar surface area (TPSA) is 24.2 Å². The predicted octanol–water partition coefficient (Wildman–Crippen LogP) is 1.30. The third-order valence-electron chi connectivity index (χ3n) is 3.10. The molecule has 0 radical (unpaired) electrons.